The average molecular weight is 207 g/mol. The van der Waals surface area contributed by atoms with Crippen LogP contribution in [-0.4, -0.2) is 7.28 Å². The van der Waals surface area contributed by atoms with Gasteiger partial charge in [-0.2, -0.15) is 0 Å². The minimum atomic E-state index is 0.939. The van der Waals surface area contributed by atoms with Gasteiger partial charge in [0.2, 0.25) is 0 Å². The number of rotatable bonds is 2. The zero-order valence-corrected chi connectivity index (χ0v) is 9.24. The topological polar surface area (TPSA) is 12.0 Å². The molecule has 1 aromatic rings. The van der Waals surface area contributed by atoms with Crippen molar-refractivity contribution in [2.75, 3.05) is 5.32 Å². The van der Waals surface area contributed by atoms with Crippen LogP contribution in [0.2, 0.25) is 0 Å². The molecular formula is C14H14BN. The third kappa shape index (κ3) is 2.01. The van der Waals surface area contributed by atoms with Crippen molar-refractivity contribution in [3.8, 4) is 0 Å². The number of hydrogen-bond donors (Lipinski definition) is 1. The van der Waals surface area contributed by atoms with Gasteiger partial charge in [0.1, 0.15) is 0 Å². The summed E-state index contributed by atoms with van der Waals surface area (Å²) in [6.07, 6.45) is 7.65. The Morgan fingerprint density at radius 1 is 1.06 bits per heavy atom. The monoisotopic (exact) mass is 207 g/mol. The fourth-order valence-corrected chi connectivity index (χ4v) is 1.88. The number of hydrogen-bond acceptors (Lipinski definition) is 1. The number of fused-ring (bicyclic) bond motifs is 1. The molecule has 0 aliphatic carbocycles. The van der Waals surface area contributed by atoms with Gasteiger partial charge in [-0.25, -0.2) is 0 Å². The lowest BCUT2D eigenvalue weighted by Crippen LogP contribution is -2.29. The Hall–Kier alpha value is -1.96. The third-order valence-electron chi connectivity index (χ3n) is 2.62. The van der Waals surface area contributed by atoms with Crippen molar-refractivity contribution >= 4 is 18.4 Å². The van der Waals surface area contributed by atoms with E-state index in [9.17, 15) is 0 Å². The maximum atomic E-state index is 3.75. The van der Waals surface area contributed by atoms with Crippen LogP contribution in [0, 0.1) is 0 Å². The van der Waals surface area contributed by atoms with Crippen LogP contribution in [0.1, 0.15) is 0 Å². The first-order valence-electron chi connectivity index (χ1n) is 5.34. The van der Waals surface area contributed by atoms with E-state index in [2.05, 4.69) is 36.7 Å². The van der Waals surface area contributed by atoms with Crippen LogP contribution in [0.4, 0.5) is 5.69 Å². The second-order valence-corrected chi connectivity index (χ2v) is 3.70. The predicted octanol–water partition coefficient (Wildman–Crippen LogP) is 2.31. The molecule has 1 nitrogen and oxygen atoms in total. The van der Waals surface area contributed by atoms with E-state index in [0.29, 0.717) is 0 Å². The van der Waals surface area contributed by atoms with Crippen LogP contribution in [0.5, 0.6) is 0 Å². The third-order valence-corrected chi connectivity index (χ3v) is 2.62. The molecule has 1 aliphatic heterocycles. The van der Waals surface area contributed by atoms with E-state index in [1.54, 1.807) is 6.08 Å². The largest absolute Gasteiger partial charge is 0.356 e. The Bertz CT molecular complexity index is 438. The smallest absolute Gasteiger partial charge is 0.197 e. The van der Waals surface area contributed by atoms with Gasteiger partial charge in [0.15, 0.2) is 7.28 Å². The molecule has 2 heteroatoms. The highest BCUT2D eigenvalue weighted by atomic mass is 14.9. The van der Waals surface area contributed by atoms with Crippen molar-refractivity contribution in [2.24, 2.45) is 0 Å². The first-order chi connectivity index (χ1) is 7.85. The Kier molecular flexibility index (Phi) is 3.11. The molecule has 2 rings (SSSR count). The van der Waals surface area contributed by atoms with E-state index in [4.69, 9.17) is 0 Å². The van der Waals surface area contributed by atoms with E-state index in [-0.39, 0.29) is 0 Å². The molecule has 0 saturated heterocycles. The summed E-state index contributed by atoms with van der Waals surface area (Å²) < 4.78 is 0. The van der Waals surface area contributed by atoms with Gasteiger partial charge in [-0.1, -0.05) is 60.5 Å². The van der Waals surface area contributed by atoms with Gasteiger partial charge in [-0.3, -0.25) is 0 Å². The van der Waals surface area contributed by atoms with Crippen LogP contribution >= 0.6 is 0 Å². The van der Waals surface area contributed by atoms with Crippen LogP contribution in [0.15, 0.2) is 72.9 Å². The second kappa shape index (κ2) is 4.71. The Morgan fingerprint density at radius 2 is 1.81 bits per heavy atom. The van der Waals surface area contributed by atoms with E-state index < -0.39 is 0 Å². The van der Waals surface area contributed by atoms with Gasteiger partial charge in [-0.15, -0.1) is 0 Å². The molecule has 0 spiro atoms. The minimum Gasteiger partial charge on any atom is -0.356 e. The molecule has 0 amide bonds. The highest BCUT2D eigenvalue weighted by Crippen LogP contribution is 2.19. The molecule has 1 N–H and O–H groups in total. The van der Waals surface area contributed by atoms with Gasteiger partial charge < -0.3 is 5.32 Å². The fraction of sp³-hybridized carbons (Fsp3) is 0. The van der Waals surface area contributed by atoms with E-state index >= 15 is 0 Å². The molecule has 1 aliphatic rings. The lowest BCUT2D eigenvalue weighted by Gasteiger charge is -2.22. The number of nitrogens with one attached hydrogen (secondary N) is 1. The van der Waals surface area contributed by atoms with E-state index in [0.717, 1.165) is 13.0 Å². The fourth-order valence-electron chi connectivity index (χ4n) is 1.88. The molecule has 0 saturated carbocycles. The molecule has 0 unspecified atom stereocenters. The second-order valence-electron chi connectivity index (χ2n) is 3.70. The first kappa shape index (κ1) is 10.6. The van der Waals surface area contributed by atoms with Crippen LogP contribution in [-0.2, 0) is 0 Å². The first-order valence-corrected chi connectivity index (χ1v) is 5.34. The summed E-state index contributed by atoms with van der Waals surface area (Å²) in [5.74, 6) is 0. The molecule has 0 atom stereocenters. The summed E-state index contributed by atoms with van der Waals surface area (Å²) in [5.41, 5.74) is 4.84. The zero-order chi connectivity index (χ0) is 11.4. The Morgan fingerprint density at radius 3 is 2.56 bits per heavy atom. The molecule has 0 aromatic heterocycles. The maximum absolute atomic E-state index is 3.75. The lowest BCUT2D eigenvalue weighted by atomic mass is 9.59. The van der Waals surface area contributed by atoms with Crippen LogP contribution in [0.25, 0.3) is 0 Å². The predicted molar refractivity (Wildman–Crippen MR) is 73.4 cm³/mol. The van der Waals surface area contributed by atoms with Gasteiger partial charge >= 0.3 is 0 Å². The van der Waals surface area contributed by atoms with Crippen molar-refractivity contribution in [1.29, 1.82) is 0 Å². The van der Waals surface area contributed by atoms with Crippen molar-refractivity contribution in [3.63, 3.8) is 0 Å². The van der Waals surface area contributed by atoms with Gasteiger partial charge in [0.05, 0.1) is 0 Å². The lowest BCUT2D eigenvalue weighted by molar-refractivity contribution is 1.44. The molecule has 0 bridgehead atoms. The van der Waals surface area contributed by atoms with E-state index in [1.165, 1.54) is 16.6 Å². The van der Waals surface area contributed by atoms with Crippen molar-refractivity contribution < 1.29 is 0 Å². The van der Waals surface area contributed by atoms with Crippen LogP contribution in [0.3, 0.4) is 0 Å². The molecule has 1 heterocycles. The molecule has 1 aromatic carbocycles. The highest BCUT2D eigenvalue weighted by Gasteiger charge is 2.16. The normalized spacial score (nSPS) is 18.5. The number of anilines is 1. The summed E-state index contributed by atoms with van der Waals surface area (Å²) in [5, 5.41) is 3.41. The van der Waals surface area contributed by atoms with Gasteiger partial charge in [0.25, 0.3) is 0 Å². The number of allylic oxidation sites excluding steroid dienone is 5. The summed E-state index contributed by atoms with van der Waals surface area (Å²) in [6.45, 7) is 7.48. The molecular weight excluding hydrogens is 193 g/mol. The maximum Gasteiger partial charge on any atom is 0.197 e. The van der Waals surface area contributed by atoms with Crippen LogP contribution < -0.4 is 10.8 Å². The number of para-hydroxylation sites is 1. The van der Waals surface area contributed by atoms with Crippen molar-refractivity contribution in [3.05, 3.63) is 72.9 Å². The summed E-state index contributed by atoms with van der Waals surface area (Å²) >= 11 is 0. The quantitative estimate of drug-likeness (QED) is 0.733. The average Bonchev–Trinajstić information content (AvgIpc) is 2.30. The summed E-state index contributed by atoms with van der Waals surface area (Å²) in [6, 6.07) is 8.34. The molecule has 78 valence electrons. The highest BCUT2D eigenvalue weighted by molar-refractivity contribution is 6.65. The minimum absolute atomic E-state index is 0.939. The summed E-state index contributed by atoms with van der Waals surface area (Å²) in [7, 11) is 0.939. The molecule has 0 fully saturated rings. The Labute approximate surface area is 97.1 Å². The molecule has 16 heavy (non-hydrogen) atoms. The Balaban J connectivity index is 2.44. The standard InChI is InChI=1S/C14H14BN/c1-3-7-11-13(8-4-2)16-14-10-6-5-9-12(14)15-11/h3-10,15-16H,1-2H2/b11-7+,13-8+. The van der Waals surface area contributed by atoms with Crippen molar-refractivity contribution in [2.45, 2.75) is 0 Å². The summed E-state index contributed by atoms with van der Waals surface area (Å²) in [4.78, 5) is 0. The van der Waals surface area contributed by atoms with Gasteiger partial charge in [-0.05, 0) is 12.1 Å². The molecule has 0 radical (unpaired) electrons. The van der Waals surface area contributed by atoms with E-state index in [1.807, 2.05) is 24.3 Å². The van der Waals surface area contributed by atoms with Gasteiger partial charge in [0, 0.05) is 11.4 Å². The SMILES string of the molecule is C=C/C=C1/Bc2ccccc2N/C1=C/C=C. The zero-order valence-electron chi connectivity index (χ0n) is 9.24. The number of benzene rings is 1. The van der Waals surface area contributed by atoms with Crippen molar-refractivity contribution in [1.82, 2.24) is 0 Å².